The van der Waals surface area contributed by atoms with E-state index in [1.54, 1.807) is 10.9 Å². The average molecular weight is 255 g/mol. The summed E-state index contributed by atoms with van der Waals surface area (Å²) in [6, 6.07) is 11.7. The summed E-state index contributed by atoms with van der Waals surface area (Å²) in [5.74, 6) is 0.623. The highest BCUT2D eigenvalue weighted by molar-refractivity contribution is 5.38. The third-order valence-electron chi connectivity index (χ3n) is 2.65. The van der Waals surface area contributed by atoms with Crippen LogP contribution < -0.4 is 5.32 Å². The summed E-state index contributed by atoms with van der Waals surface area (Å²) in [7, 11) is 0. The van der Waals surface area contributed by atoms with Gasteiger partial charge in [-0.3, -0.25) is 4.68 Å². The predicted molar refractivity (Wildman–Crippen MR) is 69.9 cm³/mol. The van der Waals surface area contributed by atoms with Crippen molar-refractivity contribution in [3.05, 3.63) is 48.8 Å². The van der Waals surface area contributed by atoms with Crippen LogP contribution in [0.5, 0.6) is 0 Å². The third-order valence-corrected chi connectivity index (χ3v) is 2.65. The van der Waals surface area contributed by atoms with Gasteiger partial charge in [0.15, 0.2) is 0 Å². The van der Waals surface area contributed by atoms with Gasteiger partial charge in [-0.1, -0.05) is 23.3 Å². The van der Waals surface area contributed by atoms with Gasteiger partial charge in [-0.25, -0.2) is 0 Å². The van der Waals surface area contributed by atoms with E-state index in [-0.39, 0.29) is 0 Å². The number of anilines is 1. The molecule has 96 valence electrons. The first kappa shape index (κ1) is 11.4. The quantitative estimate of drug-likeness (QED) is 0.735. The molecule has 0 saturated heterocycles. The minimum atomic E-state index is 0.623. The number of rotatable bonds is 5. The molecule has 7 nitrogen and oxygen atoms in total. The van der Waals surface area contributed by atoms with Crippen molar-refractivity contribution in [1.82, 2.24) is 30.0 Å². The van der Waals surface area contributed by atoms with E-state index in [1.165, 1.54) is 0 Å². The third kappa shape index (κ3) is 2.59. The van der Waals surface area contributed by atoms with Gasteiger partial charge in [0.1, 0.15) is 0 Å². The van der Waals surface area contributed by atoms with Crippen molar-refractivity contribution in [2.75, 3.05) is 11.9 Å². The zero-order valence-electron chi connectivity index (χ0n) is 10.2. The lowest BCUT2D eigenvalue weighted by Crippen LogP contribution is -2.14. The van der Waals surface area contributed by atoms with E-state index in [1.807, 2.05) is 47.3 Å². The number of nitrogens with one attached hydrogen (secondary N) is 1. The van der Waals surface area contributed by atoms with Gasteiger partial charge < -0.3 is 5.32 Å². The van der Waals surface area contributed by atoms with E-state index in [0.717, 1.165) is 12.2 Å². The molecule has 0 radical (unpaired) electrons. The van der Waals surface area contributed by atoms with Crippen LogP contribution in [0.15, 0.2) is 48.8 Å². The lowest BCUT2D eigenvalue weighted by molar-refractivity contribution is 0.635. The number of hydrogen-bond acceptors (Lipinski definition) is 5. The molecule has 1 aromatic carbocycles. The first-order valence-corrected chi connectivity index (χ1v) is 5.98. The average Bonchev–Trinajstić information content (AvgIpc) is 3.11. The van der Waals surface area contributed by atoms with Gasteiger partial charge >= 0.3 is 0 Å². The maximum atomic E-state index is 4.13. The zero-order chi connectivity index (χ0) is 12.9. The smallest absolute Gasteiger partial charge is 0.247 e. The van der Waals surface area contributed by atoms with E-state index in [9.17, 15) is 0 Å². The van der Waals surface area contributed by atoms with Gasteiger partial charge in [-0.05, 0) is 28.6 Å². The zero-order valence-corrected chi connectivity index (χ0v) is 10.2. The molecule has 19 heavy (non-hydrogen) atoms. The Morgan fingerprint density at radius 1 is 1.11 bits per heavy atom. The highest BCUT2D eigenvalue weighted by Crippen LogP contribution is 2.09. The van der Waals surface area contributed by atoms with Crippen molar-refractivity contribution in [3.8, 4) is 5.69 Å². The molecule has 3 rings (SSSR count). The van der Waals surface area contributed by atoms with Crippen molar-refractivity contribution in [3.63, 3.8) is 0 Å². The number of nitrogens with zero attached hydrogens (tertiary/aromatic N) is 6. The minimum Gasteiger partial charge on any atom is -0.351 e. The van der Waals surface area contributed by atoms with Crippen molar-refractivity contribution in [2.45, 2.75) is 6.54 Å². The lowest BCUT2D eigenvalue weighted by atomic mass is 10.3. The molecule has 1 N–H and O–H groups in total. The Morgan fingerprint density at radius 2 is 2.00 bits per heavy atom. The molecular weight excluding hydrogens is 242 g/mol. The van der Waals surface area contributed by atoms with Crippen molar-refractivity contribution >= 4 is 5.95 Å². The van der Waals surface area contributed by atoms with Gasteiger partial charge in [0.25, 0.3) is 0 Å². The second kappa shape index (κ2) is 5.30. The molecular formula is C12H13N7. The van der Waals surface area contributed by atoms with Crippen molar-refractivity contribution in [2.24, 2.45) is 0 Å². The Morgan fingerprint density at radius 3 is 2.79 bits per heavy atom. The van der Waals surface area contributed by atoms with Crippen molar-refractivity contribution in [1.29, 1.82) is 0 Å². The molecule has 0 atom stereocenters. The van der Waals surface area contributed by atoms with Crippen LogP contribution >= 0.6 is 0 Å². The molecule has 0 spiro atoms. The number of benzene rings is 1. The van der Waals surface area contributed by atoms with E-state index in [0.29, 0.717) is 12.5 Å². The first-order valence-electron chi connectivity index (χ1n) is 5.98. The fourth-order valence-corrected chi connectivity index (χ4v) is 1.76. The highest BCUT2D eigenvalue weighted by atomic mass is 15.6. The van der Waals surface area contributed by atoms with Gasteiger partial charge in [-0.15, -0.1) is 0 Å². The number of hydrogen-bond donors (Lipinski definition) is 1. The summed E-state index contributed by atoms with van der Waals surface area (Å²) >= 11 is 0. The number of tetrazole rings is 1. The second-order valence-electron chi connectivity index (χ2n) is 3.95. The Hall–Kier alpha value is -2.70. The van der Waals surface area contributed by atoms with Crippen LogP contribution in [0.4, 0.5) is 5.95 Å². The van der Waals surface area contributed by atoms with Crippen LogP contribution in [0.3, 0.4) is 0 Å². The summed E-state index contributed by atoms with van der Waals surface area (Å²) in [5.41, 5.74) is 0.925. The molecule has 0 aliphatic rings. The molecule has 7 heteroatoms. The van der Waals surface area contributed by atoms with E-state index < -0.39 is 0 Å². The molecule has 0 saturated carbocycles. The van der Waals surface area contributed by atoms with Gasteiger partial charge in [0.05, 0.1) is 12.2 Å². The Labute approximate surface area is 109 Å². The lowest BCUT2D eigenvalue weighted by Gasteiger charge is -2.06. The second-order valence-corrected chi connectivity index (χ2v) is 3.95. The van der Waals surface area contributed by atoms with E-state index >= 15 is 0 Å². The molecule has 2 heterocycles. The molecule has 0 fully saturated rings. The monoisotopic (exact) mass is 255 g/mol. The van der Waals surface area contributed by atoms with Crippen LogP contribution in [-0.4, -0.2) is 36.5 Å². The molecule has 0 unspecified atom stereocenters. The molecule has 3 aromatic rings. The maximum absolute atomic E-state index is 4.13. The molecule has 0 aliphatic heterocycles. The maximum Gasteiger partial charge on any atom is 0.247 e. The summed E-state index contributed by atoms with van der Waals surface area (Å²) < 4.78 is 3.52. The topological polar surface area (TPSA) is 73.5 Å². The fourth-order valence-electron chi connectivity index (χ4n) is 1.76. The van der Waals surface area contributed by atoms with Crippen LogP contribution in [-0.2, 0) is 6.54 Å². The summed E-state index contributed by atoms with van der Waals surface area (Å²) in [4.78, 5) is 0. The van der Waals surface area contributed by atoms with Gasteiger partial charge in [-0.2, -0.15) is 9.78 Å². The highest BCUT2D eigenvalue weighted by Gasteiger charge is 2.06. The van der Waals surface area contributed by atoms with Crippen LogP contribution in [0, 0.1) is 0 Å². The molecule has 0 aliphatic carbocycles. The largest absolute Gasteiger partial charge is 0.351 e. The first-order chi connectivity index (χ1) is 9.43. The van der Waals surface area contributed by atoms with Crippen LogP contribution in [0.1, 0.15) is 0 Å². The Bertz CT molecular complexity index is 615. The Balaban J connectivity index is 1.67. The standard InChI is InChI=1S/C12H13N7/c1-2-5-11(6-3-1)19-12(15-16-17-19)13-8-10-18-9-4-7-14-18/h1-7,9H,8,10H2,(H,13,15,17). The molecule has 2 aromatic heterocycles. The van der Waals surface area contributed by atoms with Gasteiger partial charge in [0.2, 0.25) is 5.95 Å². The Kier molecular flexibility index (Phi) is 3.18. The minimum absolute atomic E-state index is 0.623. The predicted octanol–water partition coefficient (Wildman–Crippen LogP) is 0.971. The van der Waals surface area contributed by atoms with Crippen LogP contribution in [0.25, 0.3) is 5.69 Å². The van der Waals surface area contributed by atoms with E-state index in [2.05, 4.69) is 25.9 Å². The fraction of sp³-hybridized carbons (Fsp3) is 0.167. The number of para-hydroxylation sites is 1. The van der Waals surface area contributed by atoms with Crippen molar-refractivity contribution < 1.29 is 0 Å². The number of aromatic nitrogens is 6. The van der Waals surface area contributed by atoms with Crippen LogP contribution in [0.2, 0.25) is 0 Å². The van der Waals surface area contributed by atoms with E-state index in [4.69, 9.17) is 0 Å². The normalized spacial score (nSPS) is 10.5. The summed E-state index contributed by atoms with van der Waals surface area (Å²) in [6.07, 6.45) is 3.68. The van der Waals surface area contributed by atoms with Gasteiger partial charge in [0, 0.05) is 18.9 Å². The molecule has 0 amide bonds. The SMILES string of the molecule is c1ccc(-n2nnnc2NCCn2cccn2)cc1. The summed E-state index contributed by atoms with van der Waals surface area (Å²) in [5, 5.41) is 19.0. The summed E-state index contributed by atoms with van der Waals surface area (Å²) in [6.45, 7) is 1.46. The molecule has 0 bridgehead atoms.